The van der Waals surface area contributed by atoms with Gasteiger partial charge in [-0.2, -0.15) is 9.61 Å². The summed E-state index contributed by atoms with van der Waals surface area (Å²) in [7, 11) is 0. The van der Waals surface area contributed by atoms with Crippen LogP contribution in [0.1, 0.15) is 25.7 Å². The first-order chi connectivity index (χ1) is 10.3. The highest BCUT2D eigenvalue weighted by atomic mass is 35.5. The van der Waals surface area contributed by atoms with Gasteiger partial charge in [0.25, 0.3) is 0 Å². The average Bonchev–Trinajstić information content (AvgIpc) is 3.14. The van der Waals surface area contributed by atoms with E-state index in [4.69, 9.17) is 0 Å². The molecule has 1 amide bonds. The van der Waals surface area contributed by atoms with Crippen molar-refractivity contribution < 1.29 is 4.79 Å². The van der Waals surface area contributed by atoms with E-state index in [9.17, 15) is 4.79 Å². The summed E-state index contributed by atoms with van der Waals surface area (Å²) in [5, 5.41) is 10.7. The summed E-state index contributed by atoms with van der Waals surface area (Å²) in [5.41, 5.74) is 0.496. The molecule has 3 heterocycles. The van der Waals surface area contributed by atoms with Crippen molar-refractivity contribution in [2.24, 2.45) is 11.3 Å². The van der Waals surface area contributed by atoms with Crippen LogP contribution in [-0.2, 0) is 4.79 Å². The predicted octanol–water partition coefficient (Wildman–Crippen LogP) is 1.87. The first kappa shape index (κ1) is 15.2. The molecule has 0 bridgehead atoms. The maximum atomic E-state index is 12.9. The summed E-state index contributed by atoms with van der Waals surface area (Å²) < 4.78 is 1.68. The number of halogens is 1. The van der Waals surface area contributed by atoms with Crippen LogP contribution in [0.3, 0.4) is 0 Å². The van der Waals surface area contributed by atoms with Gasteiger partial charge in [0.1, 0.15) is 5.82 Å². The molecule has 4 rings (SSSR count). The standard InChI is InChI=1S/C15H19N5O.ClH/c21-14(15-6-2-1-3-11(15)9-16-10-15)19-13-4-7-17-12-5-8-18-20(12)13;/h4-5,7-8,11,16H,1-3,6,9-10H2,(H,19,21);1H/t11-,15+;/m0./s1. The number of anilines is 1. The Kier molecular flexibility index (Phi) is 4.06. The van der Waals surface area contributed by atoms with Gasteiger partial charge in [-0.05, 0) is 31.4 Å². The zero-order valence-corrected chi connectivity index (χ0v) is 13.1. The summed E-state index contributed by atoms with van der Waals surface area (Å²) in [6.45, 7) is 1.75. The lowest BCUT2D eigenvalue weighted by molar-refractivity contribution is -0.128. The van der Waals surface area contributed by atoms with Crippen molar-refractivity contribution in [2.45, 2.75) is 25.7 Å². The van der Waals surface area contributed by atoms with Gasteiger partial charge in [0.2, 0.25) is 5.91 Å². The number of rotatable bonds is 2. The van der Waals surface area contributed by atoms with Gasteiger partial charge in [0.05, 0.1) is 11.6 Å². The first-order valence-corrected chi connectivity index (χ1v) is 7.60. The number of aromatic nitrogens is 3. The predicted molar refractivity (Wildman–Crippen MR) is 86.1 cm³/mol. The van der Waals surface area contributed by atoms with Crippen molar-refractivity contribution in [2.75, 3.05) is 18.4 Å². The first-order valence-electron chi connectivity index (χ1n) is 7.60. The second-order valence-electron chi connectivity index (χ2n) is 6.12. The van der Waals surface area contributed by atoms with Gasteiger partial charge in [0.15, 0.2) is 5.65 Å². The molecule has 1 saturated heterocycles. The summed E-state index contributed by atoms with van der Waals surface area (Å²) in [6, 6.07) is 3.63. The third-order valence-corrected chi connectivity index (χ3v) is 5.02. The van der Waals surface area contributed by atoms with Crippen molar-refractivity contribution in [3.63, 3.8) is 0 Å². The lowest BCUT2D eigenvalue weighted by atomic mass is 9.67. The van der Waals surface area contributed by atoms with Crippen LogP contribution in [0.25, 0.3) is 5.65 Å². The topological polar surface area (TPSA) is 71.3 Å². The molecule has 0 radical (unpaired) electrons. The van der Waals surface area contributed by atoms with E-state index in [0.29, 0.717) is 11.7 Å². The Hall–Kier alpha value is -1.66. The lowest BCUT2D eigenvalue weighted by Crippen LogP contribution is -2.44. The maximum absolute atomic E-state index is 12.9. The third kappa shape index (κ3) is 2.27. The van der Waals surface area contributed by atoms with E-state index < -0.39 is 0 Å². The molecule has 2 atom stereocenters. The Bertz CT molecular complexity index is 687. The highest BCUT2D eigenvalue weighted by Crippen LogP contribution is 2.44. The Balaban J connectivity index is 0.00000144. The molecule has 1 saturated carbocycles. The number of carbonyl (C=O) groups excluding carboxylic acids is 1. The minimum absolute atomic E-state index is 0. The molecule has 0 unspecified atom stereocenters. The van der Waals surface area contributed by atoms with Gasteiger partial charge in [0, 0.05) is 18.8 Å². The Morgan fingerprint density at radius 1 is 1.36 bits per heavy atom. The molecule has 2 aromatic heterocycles. The fourth-order valence-corrected chi connectivity index (χ4v) is 3.86. The van der Waals surface area contributed by atoms with Gasteiger partial charge in [-0.1, -0.05) is 12.8 Å². The largest absolute Gasteiger partial charge is 0.315 e. The zero-order chi connectivity index (χ0) is 14.3. The second-order valence-corrected chi connectivity index (χ2v) is 6.12. The highest BCUT2D eigenvalue weighted by Gasteiger charge is 2.49. The normalized spacial score (nSPS) is 27.2. The Morgan fingerprint density at radius 2 is 2.27 bits per heavy atom. The van der Waals surface area contributed by atoms with Gasteiger partial charge in [-0.3, -0.25) is 4.79 Å². The van der Waals surface area contributed by atoms with E-state index in [-0.39, 0.29) is 23.7 Å². The number of nitrogens with zero attached hydrogens (tertiary/aromatic N) is 3. The van der Waals surface area contributed by atoms with Crippen LogP contribution in [0.4, 0.5) is 5.82 Å². The fraction of sp³-hybridized carbons (Fsp3) is 0.533. The molecule has 2 aliphatic rings. The molecule has 0 aromatic carbocycles. The number of hydrogen-bond acceptors (Lipinski definition) is 4. The van der Waals surface area contributed by atoms with Crippen LogP contribution < -0.4 is 10.6 Å². The smallest absolute Gasteiger partial charge is 0.233 e. The van der Waals surface area contributed by atoms with Crippen molar-refractivity contribution in [3.8, 4) is 0 Å². The summed E-state index contributed by atoms with van der Waals surface area (Å²) >= 11 is 0. The third-order valence-electron chi connectivity index (χ3n) is 5.02. The number of hydrogen-bond donors (Lipinski definition) is 2. The van der Waals surface area contributed by atoms with E-state index in [2.05, 4.69) is 20.7 Å². The average molecular weight is 322 g/mol. The molecule has 1 aliphatic carbocycles. The number of amides is 1. The van der Waals surface area contributed by atoms with Crippen molar-refractivity contribution in [3.05, 3.63) is 24.5 Å². The molecule has 0 spiro atoms. The van der Waals surface area contributed by atoms with Crippen LogP contribution in [0.15, 0.2) is 24.5 Å². The van der Waals surface area contributed by atoms with Gasteiger partial charge in [-0.25, -0.2) is 4.98 Å². The molecule has 6 nitrogen and oxygen atoms in total. The van der Waals surface area contributed by atoms with E-state index in [0.717, 1.165) is 38.0 Å². The minimum atomic E-state index is -0.249. The van der Waals surface area contributed by atoms with E-state index >= 15 is 0 Å². The van der Waals surface area contributed by atoms with Gasteiger partial charge >= 0.3 is 0 Å². The SMILES string of the molecule is Cl.O=C(Nc1ccnc2ccnn12)[C@@]12CCCC[C@H]1CNC2. The number of nitrogens with one attached hydrogen (secondary N) is 2. The van der Waals surface area contributed by atoms with Crippen molar-refractivity contribution in [1.29, 1.82) is 0 Å². The monoisotopic (exact) mass is 321 g/mol. The molecule has 2 aromatic rings. The summed E-state index contributed by atoms with van der Waals surface area (Å²) in [5.74, 6) is 1.28. The van der Waals surface area contributed by atoms with Crippen molar-refractivity contribution >= 4 is 29.8 Å². The van der Waals surface area contributed by atoms with Gasteiger partial charge in [-0.15, -0.1) is 12.4 Å². The highest BCUT2D eigenvalue weighted by molar-refractivity contribution is 5.95. The molecular weight excluding hydrogens is 302 g/mol. The molecular formula is C15H20ClN5O. The molecule has 1 aliphatic heterocycles. The van der Waals surface area contributed by atoms with Crippen LogP contribution in [0.2, 0.25) is 0 Å². The molecule has 2 fully saturated rings. The molecule has 118 valence electrons. The molecule has 2 N–H and O–H groups in total. The van der Waals surface area contributed by atoms with Crippen LogP contribution >= 0.6 is 12.4 Å². The lowest BCUT2D eigenvalue weighted by Gasteiger charge is -2.37. The Labute approximate surface area is 135 Å². The summed E-state index contributed by atoms with van der Waals surface area (Å²) in [4.78, 5) is 17.1. The van der Waals surface area contributed by atoms with E-state index in [1.54, 1.807) is 23.0 Å². The maximum Gasteiger partial charge on any atom is 0.233 e. The number of fused-ring (bicyclic) bond motifs is 2. The quantitative estimate of drug-likeness (QED) is 0.886. The fourth-order valence-electron chi connectivity index (χ4n) is 3.86. The zero-order valence-electron chi connectivity index (χ0n) is 12.3. The molecule has 22 heavy (non-hydrogen) atoms. The molecule has 7 heteroatoms. The minimum Gasteiger partial charge on any atom is -0.315 e. The number of carbonyl (C=O) groups is 1. The van der Waals surface area contributed by atoms with Gasteiger partial charge < -0.3 is 10.6 Å². The van der Waals surface area contributed by atoms with Crippen LogP contribution in [0, 0.1) is 11.3 Å². The van der Waals surface area contributed by atoms with Crippen molar-refractivity contribution in [1.82, 2.24) is 19.9 Å². The second kappa shape index (κ2) is 5.85. The summed E-state index contributed by atoms with van der Waals surface area (Å²) in [6.07, 6.45) is 7.89. The van der Waals surface area contributed by atoms with Crippen LogP contribution in [-0.4, -0.2) is 33.6 Å². The van der Waals surface area contributed by atoms with E-state index in [1.807, 2.05) is 6.07 Å². The van der Waals surface area contributed by atoms with Crippen LogP contribution in [0.5, 0.6) is 0 Å². The Morgan fingerprint density at radius 3 is 3.18 bits per heavy atom. The van der Waals surface area contributed by atoms with E-state index in [1.165, 1.54) is 6.42 Å².